The summed E-state index contributed by atoms with van der Waals surface area (Å²) in [5, 5.41) is 0.845. The van der Waals surface area contributed by atoms with E-state index in [1.807, 2.05) is 31.2 Å². The Morgan fingerprint density at radius 1 is 1.15 bits per heavy atom. The van der Waals surface area contributed by atoms with Crippen LogP contribution in [0.4, 0.5) is 0 Å². The molecule has 0 fully saturated rings. The van der Waals surface area contributed by atoms with E-state index in [9.17, 15) is 9.59 Å². The number of esters is 2. The van der Waals surface area contributed by atoms with Crippen molar-refractivity contribution in [2.45, 2.75) is 20.5 Å². The van der Waals surface area contributed by atoms with Crippen molar-refractivity contribution in [2.75, 3.05) is 19.8 Å². The number of aromatic nitrogens is 1. The van der Waals surface area contributed by atoms with Crippen molar-refractivity contribution < 1.29 is 28.5 Å². The summed E-state index contributed by atoms with van der Waals surface area (Å²) < 4.78 is 20.6. The molecule has 1 aliphatic rings. The van der Waals surface area contributed by atoms with E-state index in [1.165, 1.54) is 6.26 Å². The number of fused-ring (bicyclic) bond motifs is 1. The van der Waals surface area contributed by atoms with Crippen LogP contribution in [0, 0.1) is 6.92 Å². The molecule has 3 rings (SSSR count). The van der Waals surface area contributed by atoms with Gasteiger partial charge in [-0.2, -0.15) is 0 Å². The van der Waals surface area contributed by atoms with Crippen molar-refractivity contribution in [1.29, 1.82) is 0 Å². The molecule has 0 atom stereocenters. The third-order valence-electron chi connectivity index (χ3n) is 3.90. The Labute approximate surface area is 150 Å². The highest BCUT2D eigenvalue weighted by Crippen LogP contribution is 2.24. The molecule has 0 aliphatic carbocycles. The Morgan fingerprint density at radius 2 is 1.96 bits per heavy atom. The van der Waals surface area contributed by atoms with Gasteiger partial charge in [0.15, 0.2) is 0 Å². The highest BCUT2D eigenvalue weighted by molar-refractivity contribution is 5.98. The maximum absolute atomic E-state index is 12.4. The predicted molar refractivity (Wildman–Crippen MR) is 92.2 cm³/mol. The lowest BCUT2D eigenvalue weighted by molar-refractivity contribution is -0.146. The molecule has 2 aromatic rings. The zero-order valence-corrected chi connectivity index (χ0v) is 14.6. The number of hydrogen-bond donors (Lipinski definition) is 0. The first kappa shape index (κ1) is 17.7. The van der Waals surface area contributed by atoms with E-state index in [0.29, 0.717) is 23.4 Å². The van der Waals surface area contributed by atoms with Gasteiger partial charge in [0.1, 0.15) is 26.1 Å². The molecular weight excluding hydrogens is 338 g/mol. The molecule has 0 spiro atoms. The number of aryl methyl sites for hydroxylation is 1. The van der Waals surface area contributed by atoms with Crippen molar-refractivity contribution in [3.63, 3.8) is 0 Å². The van der Waals surface area contributed by atoms with E-state index in [0.717, 1.165) is 10.9 Å². The van der Waals surface area contributed by atoms with E-state index in [1.54, 1.807) is 6.92 Å². The van der Waals surface area contributed by atoms with Gasteiger partial charge in [0, 0.05) is 5.39 Å². The van der Waals surface area contributed by atoms with Gasteiger partial charge in [-0.15, -0.1) is 0 Å². The van der Waals surface area contributed by atoms with Crippen molar-refractivity contribution in [1.82, 2.24) is 4.98 Å². The first-order valence-electron chi connectivity index (χ1n) is 8.28. The fraction of sp³-hybridized carbons (Fsp3) is 0.316. The molecule has 0 bridgehead atoms. The fourth-order valence-corrected chi connectivity index (χ4v) is 2.70. The first-order chi connectivity index (χ1) is 12.6. The Hall–Kier alpha value is -3.09. The van der Waals surface area contributed by atoms with E-state index in [-0.39, 0.29) is 25.6 Å². The lowest BCUT2D eigenvalue weighted by Gasteiger charge is -2.16. The minimum absolute atomic E-state index is 0.00792. The minimum Gasteiger partial charge on any atom is -0.493 e. The topological polar surface area (TPSA) is 84.0 Å². The minimum atomic E-state index is -0.674. The second kappa shape index (κ2) is 7.86. The summed E-state index contributed by atoms with van der Waals surface area (Å²) in [6, 6.07) is 7.45. The summed E-state index contributed by atoms with van der Waals surface area (Å²) in [5.74, 6) is -1.18. The summed E-state index contributed by atoms with van der Waals surface area (Å²) in [7, 11) is 0. The van der Waals surface area contributed by atoms with Crippen molar-refractivity contribution in [3.8, 4) is 0 Å². The van der Waals surface area contributed by atoms with E-state index in [2.05, 4.69) is 4.98 Å². The quantitative estimate of drug-likeness (QED) is 0.761. The molecule has 2 heterocycles. The normalized spacial score (nSPS) is 13.4. The van der Waals surface area contributed by atoms with E-state index >= 15 is 0 Å². The van der Waals surface area contributed by atoms with Crippen LogP contribution >= 0.6 is 0 Å². The molecule has 0 radical (unpaired) electrons. The molecule has 0 N–H and O–H groups in total. The fourth-order valence-electron chi connectivity index (χ4n) is 2.70. The van der Waals surface area contributed by atoms with Crippen LogP contribution in [0.3, 0.4) is 0 Å². The van der Waals surface area contributed by atoms with Crippen LogP contribution in [0.2, 0.25) is 0 Å². The average molecular weight is 357 g/mol. The number of pyridine rings is 1. The van der Waals surface area contributed by atoms with Gasteiger partial charge in [-0.05, 0) is 25.5 Å². The molecule has 0 saturated carbocycles. The van der Waals surface area contributed by atoms with Gasteiger partial charge >= 0.3 is 11.9 Å². The van der Waals surface area contributed by atoms with Crippen molar-refractivity contribution >= 4 is 22.8 Å². The second-order valence-corrected chi connectivity index (χ2v) is 5.57. The number of benzene rings is 1. The molecule has 0 unspecified atom stereocenters. The maximum atomic E-state index is 12.4. The smallest absolute Gasteiger partial charge is 0.377 e. The summed E-state index contributed by atoms with van der Waals surface area (Å²) in [6.45, 7) is 4.27. The van der Waals surface area contributed by atoms with Gasteiger partial charge in [0.05, 0.1) is 23.4 Å². The van der Waals surface area contributed by atoms with Crippen LogP contribution < -0.4 is 0 Å². The number of para-hydroxylation sites is 1. The lowest BCUT2D eigenvalue weighted by Crippen LogP contribution is -2.19. The Balaban J connectivity index is 1.92. The number of rotatable bonds is 5. The summed E-state index contributed by atoms with van der Waals surface area (Å²) in [4.78, 5) is 29.0. The standard InChI is InChI=1S/C19H19NO6/c1-3-24-19(22)17-12(2)13-6-4-5-7-14(13)20-15(17)10-26-18(21)16-11-23-8-9-25-16/h4-7,11H,3,8-10H2,1-2H3. The van der Waals surface area contributed by atoms with E-state index in [4.69, 9.17) is 18.9 Å². The first-order valence-corrected chi connectivity index (χ1v) is 8.28. The highest BCUT2D eigenvalue weighted by atomic mass is 16.6. The van der Waals surface area contributed by atoms with Crippen molar-refractivity contribution in [3.05, 3.63) is 53.1 Å². The Morgan fingerprint density at radius 3 is 2.69 bits per heavy atom. The van der Waals surface area contributed by atoms with Gasteiger partial charge in [0.25, 0.3) is 0 Å². The molecule has 7 heteroatoms. The molecule has 1 aliphatic heterocycles. The van der Waals surface area contributed by atoms with Gasteiger partial charge in [-0.3, -0.25) is 0 Å². The third-order valence-corrected chi connectivity index (χ3v) is 3.90. The number of nitrogens with zero attached hydrogens (tertiary/aromatic N) is 1. The molecule has 1 aromatic heterocycles. The van der Waals surface area contributed by atoms with Gasteiger partial charge in [0.2, 0.25) is 5.76 Å². The monoisotopic (exact) mass is 357 g/mol. The third kappa shape index (κ3) is 3.61. The van der Waals surface area contributed by atoms with Gasteiger partial charge in [-0.25, -0.2) is 14.6 Å². The van der Waals surface area contributed by atoms with Gasteiger partial charge in [-0.1, -0.05) is 18.2 Å². The second-order valence-electron chi connectivity index (χ2n) is 5.57. The number of ether oxygens (including phenoxy) is 4. The molecule has 136 valence electrons. The lowest BCUT2D eigenvalue weighted by atomic mass is 10.0. The van der Waals surface area contributed by atoms with Crippen LogP contribution in [0.25, 0.3) is 10.9 Å². The number of carbonyl (C=O) groups excluding carboxylic acids is 2. The largest absolute Gasteiger partial charge is 0.493 e. The molecular formula is C19H19NO6. The molecule has 26 heavy (non-hydrogen) atoms. The number of hydrogen-bond acceptors (Lipinski definition) is 7. The van der Waals surface area contributed by atoms with Gasteiger partial charge < -0.3 is 18.9 Å². The van der Waals surface area contributed by atoms with Crippen LogP contribution in [-0.2, 0) is 30.3 Å². The van der Waals surface area contributed by atoms with Crippen molar-refractivity contribution in [2.24, 2.45) is 0 Å². The highest BCUT2D eigenvalue weighted by Gasteiger charge is 2.22. The predicted octanol–water partition coefficient (Wildman–Crippen LogP) is 2.65. The molecule has 0 saturated heterocycles. The summed E-state index contributed by atoms with van der Waals surface area (Å²) in [5.41, 5.74) is 2.09. The van der Waals surface area contributed by atoms with Crippen LogP contribution in [0.15, 0.2) is 36.3 Å². The average Bonchev–Trinajstić information content (AvgIpc) is 2.67. The summed E-state index contributed by atoms with van der Waals surface area (Å²) in [6.07, 6.45) is 1.22. The Kier molecular flexibility index (Phi) is 5.36. The molecule has 1 aromatic carbocycles. The summed E-state index contributed by atoms with van der Waals surface area (Å²) >= 11 is 0. The van der Waals surface area contributed by atoms with E-state index < -0.39 is 11.9 Å². The maximum Gasteiger partial charge on any atom is 0.377 e. The van der Waals surface area contributed by atoms with Crippen LogP contribution in [-0.4, -0.2) is 36.7 Å². The SMILES string of the molecule is CCOC(=O)c1c(COC(=O)C2=COCCO2)nc2ccccc2c1C. The zero-order valence-electron chi connectivity index (χ0n) is 14.6. The Bertz CT molecular complexity index is 874. The van der Waals surface area contributed by atoms with Crippen LogP contribution in [0.1, 0.15) is 28.5 Å². The van der Waals surface area contributed by atoms with Crippen LogP contribution in [0.5, 0.6) is 0 Å². The number of carbonyl (C=O) groups is 2. The molecule has 0 amide bonds. The molecule has 7 nitrogen and oxygen atoms in total. The zero-order chi connectivity index (χ0) is 18.5.